The molecule has 0 aromatic heterocycles. The number of hydroxylamine groups is 2. The molecule has 1 aliphatic heterocycles. The standard InChI is InChI=1S/C17H20N4O9/c1-12(22)14-11-17(19(25)26,20(27)28)21(29-14)30-16(13-7-3-2-4-8-13)10-6-5-9-15(16)18(23)24/h2-4,7-8,14-15H,5-6,9-11H2,1H3. The van der Waals surface area contributed by atoms with E-state index >= 15 is 0 Å². The molecule has 2 aliphatic rings. The SMILES string of the molecule is CC(=O)C1CC([N+](=O)[O-])([N+](=O)[O-])N(OC2(c3ccccc3)CCCCC2[N+](=O)[O-])O1. The molecule has 1 aromatic rings. The predicted molar refractivity (Wildman–Crippen MR) is 97.2 cm³/mol. The van der Waals surface area contributed by atoms with Gasteiger partial charge < -0.3 is 0 Å². The maximum absolute atomic E-state index is 11.9. The molecular formula is C17H20N4O9. The van der Waals surface area contributed by atoms with Crippen molar-refractivity contribution in [2.45, 2.75) is 62.6 Å². The van der Waals surface area contributed by atoms with Crippen LogP contribution in [0.15, 0.2) is 30.3 Å². The van der Waals surface area contributed by atoms with Crippen LogP contribution >= 0.6 is 0 Å². The van der Waals surface area contributed by atoms with E-state index in [4.69, 9.17) is 9.68 Å². The average Bonchev–Trinajstić information content (AvgIpc) is 3.09. The van der Waals surface area contributed by atoms with E-state index in [1.54, 1.807) is 30.3 Å². The average molecular weight is 424 g/mol. The minimum Gasteiger partial charge on any atom is -0.297 e. The van der Waals surface area contributed by atoms with Gasteiger partial charge in [-0.2, -0.15) is 0 Å². The van der Waals surface area contributed by atoms with Gasteiger partial charge in [-0.1, -0.05) is 30.3 Å². The van der Waals surface area contributed by atoms with Crippen molar-refractivity contribution in [2.75, 3.05) is 0 Å². The van der Waals surface area contributed by atoms with Crippen molar-refractivity contribution in [2.24, 2.45) is 0 Å². The van der Waals surface area contributed by atoms with E-state index in [1.165, 1.54) is 0 Å². The summed E-state index contributed by atoms with van der Waals surface area (Å²) in [6.45, 7) is 1.08. The number of hydrogen-bond acceptors (Lipinski definition) is 10. The van der Waals surface area contributed by atoms with E-state index in [0.29, 0.717) is 18.4 Å². The van der Waals surface area contributed by atoms with Crippen LogP contribution in [0.25, 0.3) is 0 Å². The van der Waals surface area contributed by atoms with Crippen molar-refractivity contribution in [3.63, 3.8) is 0 Å². The van der Waals surface area contributed by atoms with Gasteiger partial charge >= 0.3 is 5.79 Å². The molecule has 3 atom stereocenters. The first-order chi connectivity index (χ1) is 14.1. The molecule has 13 nitrogen and oxygen atoms in total. The highest BCUT2D eigenvalue weighted by molar-refractivity contribution is 5.80. The van der Waals surface area contributed by atoms with Gasteiger partial charge in [0.15, 0.2) is 17.5 Å². The zero-order valence-electron chi connectivity index (χ0n) is 16.0. The molecule has 30 heavy (non-hydrogen) atoms. The van der Waals surface area contributed by atoms with Gasteiger partial charge in [-0.15, -0.1) is 0 Å². The van der Waals surface area contributed by atoms with Crippen molar-refractivity contribution in [3.05, 3.63) is 66.2 Å². The summed E-state index contributed by atoms with van der Waals surface area (Å²) in [5, 5.41) is 35.5. The summed E-state index contributed by atoms with van der Waals surface area (Å²) in [4.78, 5) is 55.1. The number of Topliss-reactive ketones (excluding diaryl/α,β-unsaturated/α-hetero) is 1. The molecule has 1 saturated heterocycles. The third kappa shape index (κ3) is 3.40. The lowest BCUT2D eigenvalue weighted by Crippen LogP contribution is -2.60. The quantitative estimate of drug-likeness (QED) is 0.357. The van der Waals surface area contributed by atoms with Crippen molar-refractivity contribution in [3.8, 4) is 0 Å². The van der Waals surface area contributed by atoms with Gasteiger partial charge in [0.2, 0.25) is 6.04 Å². The molecule has 2 fully saturated rings. The second kappa shape index (κ2) is 8.01. The first kappa shape index (κ1) is 21.7. The smallest absolute Gasteiger partial charge is 0.297 e. The highest BCUT2D eigenvalue weighted by atomic mass is 17.0. The van der Waals surface area contributed by atoms with Crippen molar-refractivity contribution in [1.82, 2.24) is 5.23 Å². The zero-order valence-corrected chi connectivity index (χ0v) is 16.0. The number of rotatable bonds is 7. The Kier molecular flexibility index (Phi) is 5.78. The van der Waals surface area contributed by atoms with Crippen LogP contribution < -0.4 is 0 Å². The second-order valence-electron chi connectivity index (χ2n) is 7.35. The van der Waals surface area contributed by atoms with Gasteiger partial charge in [-0.25, -0.2) is 4.84 Å². The van der Waals surface area contributed by atoms with Crippen LogP contribution in [0.3, 0.4) is 0 Å². The molecule has 0 radical (unpaired) electrons. The fraction of sp³-hybridized carbons (Fsp3) is 0.588. The molecule has 162 valence electrons. The lowest BCUT2D eigenvalue weighted by molar-refractivity contribution is -0.854. The second-order valence-corrected chi connectivity index (χ2v) is 7.35. The maximum Gasteiger partial charge on any atom is 0.569 e. The van der Waals surface area contributed by atoms with Gasteiger partial charge in [0.1, 0.15) is 16.3 Å². The van der Waals surface area contributed by atoms with E-state index in [1.807, 2.05) is 0 Å². The van der Waals surface area contributed by atoms with Crippen LogP contribution in [0.2, 0.25) is 0 Å². The largest absolute Gasteiger partial charge is 0.569 e. The van der Waals surface area contributed by atoms with Crippen LogP contribution in [0.4, 0.5) is 0 Å². The Hall–Kier alpha value is -3.03. The minimum atomic E-state index is -3.11. The third-order valence-electron chi connectivity index (χ3n) is 5.59. The van der Waals surface area contributed by atoms with Crippen LogP contribution in [-0.2, 0) is 20.1 Å². The Bertz CT molecular complexity index is 850. The highest BCUT2D eigenvalue weighted by Crippen LogP contribution is 2.46. The Balaban J connectivity index is 2.13. The van der Waals surface area contributed by atoms with Crippen LogP contribution in [0, 0.1) is 30.3 Å². The number of hydrogen-bond donors (Lipinski definition) is 0. The van der Waals surface area contributed by atoms with Crippen LogP contribution in [0.5, 0.6) is 0 Å². The van der Waals surface area contributed by atoms with Gasteiger partial charge in [0.05, 0.1) is 5.23 Å². The lowest BCUT2D eigenvalue weighted by atomic mass is 9.76. The number of carbonyl (C=O) groups excluding carboxylic acids is 1. The number of carbonyl (C=O) groups is 1. The van der Waals surface area contributed by atoms with Gasteiger partial charge in [-0.05, 0) is 31.7 Å². The van der Waals surface area contributed by atoms with E-state index in [2.05, 4.69) is 0 Å². The number of nitro groups is 3. The predicted octanol–water partition coefficient (Wildman–Crippen LogP) is 1.83. The highest BCUT2D eigenvalue weighted by Gasteiger charge is 2.74. The molecule has 0 N–H and O–H groups in total. The van der Waals surface area contributed by atoms with Crippen LogP contribution in [-0.4, -0.2) is 43.7 Å². The normalized spacial score (nSPS) is 28.7. The van der Waals surface area contributed by atoms with E-state index in [-0.39, 0.29) is 18.1 Å². The van der Waals surface area contributed by atoms with E-state index < -0.39 is 50.5 Å². The van der Waals surface area contributed by atoms with Gasteiger partial charge in [0, 0.05) is 11.3 Å². The van der Waals surface area contributed by atoms with Gasteiger partial charge in [-0.3, -0.25) is 40.0 Å². The summed E-state index contributed by atoms with van der Waals surface area (Å²) in [5.41, 5.74) is -1.41. The summed E-state index contributed by atoms with van der Waals surface area (Å²) in [6, 6.07) is 6.69. The zero-order chi connectivity index (χ0) is 22.1. The summed E-state index contributed by atoms with van der Waals surface area (Å²) >= 11 is 0. The van der Waals surface area contributed by atoms with E-state index in [9.17, 15) is 35.1 Å². The Morgan fingerprint density at radius 1 is 1.13 bits per heavy atom. The number of ketones is 1. The summed E-state index contributed by atoms with van der Waals surface area (Å²) in [7, 11) is 0. The first-order valence-electron chi connectivity index (χ1n) is 9.30. The Morgan fingerprint density at radius 2 is 1.77 bits per heavy atom. The molecule has 0 spiro atoms. The van der Waals surface area contributed by atoms with E-state index in [0.717, 1.165) is 6.92 Å². The van der Waals surface area contributed by atoms with Crippen LogP contribution in [0.1, 0.15) is 44.6 Å². The molecule has 3 unspecified atom stereocenters. The fourth-order valence-corrected chi connectivity index (χ4v) is 3.99. The number of benzene rings is 1. The summed E-state index contributed by atoms with van der Waals surface area (Å²) in [5.74, 6) is -3.78. The van der Waals surface area contributed by atoms with Crippen molar-refractivity contribution < 1.29 is 29.2 Å². The molecular weight excluding hydrogens is 404 g/mol. The minimum absolute atomic E-state index is 0.0821. The monoisotopic (exact) mass is 424 g/mol. The van der Waals surface area contributed by atoms with Gasteiger partial charge in [0.25, 0.3) is 0 Å². The third-order valence-corrected chi connectivity index (χ3v) is 5.59. The molecule has 0 amide bonds. The topological polar surface area (TPSA) is 168 Å². The Morgan fingerprint density at radius 3 is 2.30 bits per heavy atom. The summed E-state index contributed by atoms with van der Waals surface area (Å²) < 4.78 is 0. The Labute approximate surface area is 169 Å². The first-order valence-corrected chi connectivity index (χ1v) is 9.30. The summed E-state index contributed by atoms with van der Waals surface area (Å²) in [6.07, 6.45) is -1.18. The van der Waals surface area contributed by atoms with Crippen molar-refractivity contribution >= 4 is 5.78 Å². The molecule has 1 heterocycles. The molecule has 1 aliphatic carbocycles. The molecule has 0 bridgehead atoms. The maximum atomic E-state index is 11.9. The molecule has 1 saturated carbocycles. The number of nitrogens with zero attached hydrogens (tertiary/aromatic N) is 4. The molecule has 13 heteroatoms. The molecule has 1 aromatic carbocycles. The van der Waals surface area contributed by atoms with Crippen molar-refractivity contribution in [1.29, 1.82) is 0 Å². The molecule has 3 rings (SSSR count). The fourth-order valence-electron chi connectivity index (χ4n) is 3.99. The lowest BCUT2D eigenvalue weighted by Gasteiger charge is -2.40.